The first-order chi connectivity index (χ1) is 46.6. The Morgan fingerprint density at radius 2 is 0.568 bits per heavy atom. The van der Waals surface area contributed by atoms with Crippen LogP contribution in [0.3, 0.4) is 0 Å². The van der Waals surface area contributed by atoms with Gasteiger partial charge in [0.1, 0.15) is 13.2 Å². The number of nitrogens with zero attached hydrogens (tertiary/aromatic N) is 1. The van der Waals surface area contributed by atoms with E-state index < -0.39 is 24.3 Å². The van der Waals surface area contributed by atoms with Gasteiger partial charge in [0.05, 0.1) is 40.3 Å². The highest BCUT2D eigenvalue weighted by atomic mass is 16.7. The van der Waals surface area contributed by atoms with Crippen LogP contribution in [0.1, 0.15) is 284 Å². The van der Waals surface area contributed by atoms with Crippen LogP contribution in [-0.4, -0.2) is 82.3 Å². The second-order valence-corrected chi connectivity index (χ2v) is 25.8. The number of hydrogen-bond donors (Lipinski definition) is 0. The Bertz CT molecular complexity index is 2220. The van der Waals surface area contributed by atoms with Gasteiger partial charge in [-0.3, -0.25) is 9.59 Å². The van der Waals surface area contributed by atoms with Gasteiger partial charge in [0.2, 0.25) is 0 Å². The van der Waals surface area contributed by atoms with Crippen LogP contribution in [0.5, 0.6) is 0 Å². The van der Waals surface area contributed by atoms with E-state index in [1.54, 1.807) is 0 Å². The minimum absolute atomic E-state index is 0.138. The molecule has 0 aromatic carbocycles. The molecule has 0 heterocycles. The van der Waals surface area contributed by atoms with Gasteiger partial charge in [-0.2, -0.15) is 0 Å². The fraction of sp³-hybridized carbons (Fsp3) is 0.616. The molecule has 0 saturated heterocycles. The first-order valence-corrected chi connectivity index (χ1v) is 37.9. The van der Waals surface area contributed by atoms with Crippen LogP contribution in [0, 0.1) is 0 Å². The molecule has 0 amide bonds. The summed E-state index contributed by atoms with van der Waals surface area (Å²) >= 11 is 0. The first kappa shape index (κ1) is 89.4. The van der Waals surface area contributed by atoms with E-state index >= 15 is 0 Å². The highest BCUT2D eigenvalue weighted by Crippen LogP contribution is 2.17. The van der Waals surface area contributed by atoms with Gasteiger partial charge in [-0.15, -0.1) is 0 Å². The lowest BCUT2D eigenvalue weighted by molar-refractivity contribution is -0.870. The molecule has 9 heteroatoms. The van der Waals surface area contributed by atoms with E-state index in [1.807, 2.05) is 21.1 Å². The Morgan fingerprint density at radius 3 is 0.842 bits per heavy atom. The van der Waals surface area contributed by atoms with Crippen molar-refractivity contribution in [1.82, 2.24) is 0 Å². The fourth-order valence-corrected chi connectivity index (χ4v) is 9.95. The number of esters is 2. The van der Waals surface area contributed by atoms with Crippen LogP contribution in [0.15, 0.2) is 182 Å². The van der Waals surface area contributed by atoms with Crippen LogP contribution in [0.25, 0.3) is 0 Å². The number of unbranched alkanes of at least 4 members (excludes halogenated alkanes) is 23. The smallest absolute Gasteiger partial charge is 0.306 e. The molecular weight excluding hydrogens is 1170 g/mol. The van der Waals surface area contributed by atoms with Crippen LogP contribution < -0.4 is 5.11 Å². The monoisotopic (exact) mass is 1310 g/mol. The number of carbonyl (C=O) groups excluding carboxylic acids is 3. The Hall–Kier alpha value is -5.61. The number of carboxylic acid groups (broad SMARTS) is 1. The second kappa shape index (κ2) is 74.2. The standard InChI is InChI=1S/C86H139NO8/c1-6-8-10-12-14-16-18-20-22-24-26-28-30-32-34-36-38-40-41-42-43-45-47-49-51-53-55-57-59-61-63-65-67-69-71-73-75-77-84(89)95-82(81-94-86(85(90)91)92-79-78-87(3,4)5)80-93-83(88)76-74-72-70-68-66-64-62-60-58-56-54-52-50-48-46-44-39-37-35-33-31-29-27-25-23-21-19-17-15-13-11-9-7-2/h8-11,14-17,20-23,26-29,32-35,38-40,42-44,47,49,53,55,82,86H,6-7,12-13,18-19,24-25,30-31,36-37,41,45-46,48,50-52,54,56-81H2,1-5H3/b10-8-,11-9-,16-14-,17-15-,22-20-,23-21-,28-26-,29-27-,34-32-,35-33-,40-38-,43-42-,44-39-,49-47-,55-53-. The molecule has 0 aliphatic heterocycles. The van der Waals surface area contributed by atoms with E-state index in [-0.39, 0.29) is 38.6 Å². The number of likely N-dealkylation sites (N-methyl/N-ethyl adjacent to an activating group) is 1. The number of quaternary nitrogens is 1. The summed E-state index contributed by atoms with van der Waals surface area (Å²) in [5.74, 6) is -2.30. The summed E-state index contributed by atoms with van der Waals surface area (Å²) in [5.41, 5.74) is 0. The molecular formula is C86H139NO8. The van der Waals surface area contributed by atoms with E-state index in [4.69, 9.17) is 18.9 Å². The van der Waals surface area contributed by atoms with Crippen LogP contribution >= 0.6 is 0 Å². The second-order valence-electron chi connectivity index (χ2n) is 25.8. The molecule has 9 nitrogen and oxygen atoms in total. The predicted molar refractivity (Wildman–Crippen MR) is 407 cm³/mol. The molecule has 2 unspecified atom stereocenters. The van der Waals surface area contributed by atoms with Crippen molar-refractivity contribution in [2.24, 2.45) is 0 Å². The lowest BCUT2D eigenvalue weighted by Gasteiger charge is -2.26. The summed E-state index contributed by atoms with van der Waals surface area (Å²) in [4.78, 5) is 37.6. The molecule has 0 spiro atoms. The molecule has 95 heavy (non-hydrogen) atoms. The van der Waals surface area contributed by atoms with E-state index in [0.717, 1.165) is 141 Å². The van der Waals surface area contributed by atoms with Crippen molar-refractivity contribution in [3.05, 3.63) is 182 Å². The Kier molecular flexibility index (Phi) is 69.8. The summed E-state index contributed by atoms with van der Waals surface area (Å²) < 4.78 is 22.8. The number of rotatable bonds is 68. The third kappa shape index (κ3) is 75.6. The average Bonchev–Trinajstić information content (AvgIpc) is 3.75. The number of allylic oxidation sites excluding steroid dienone is 30. The van der Waals surface area contributed by atoms with Gasteiger partial charge in [-0.1, -0.05) is 318 Å². The van der Waals surface area contributed by atoms with Gasteiger partial charge in [-0.25, -0.2) is 0 Å². The molecule has 0 saturated carbocycles. The number of carbonyl (C=O) groups is 3. The topological polar surface area (TPSA) is 111 Å². The Morgan fingerprint density at radius 1 is 0.316 bits per heavy atom. The minimum Gasteiger partial charge on any atom is -0.545 e. The summed E-state index contributed by atoms with van der Waals surface area (Å²) in [6, 6.07) is 0. The zero-order chi connectivity index (χ0) is 69.0. The van der Waals surface area contributed by atoms with Crippen molar-refractivity contribution in [3.63, 3.8) is 0 Å². The van der Waals surface area contributed by atoms with E-state index in [9.17, 15) is 19.5 Å². The van der Waals surface area contributed by atoms with Crippen molar-refractivity contribution in [1.29, 1.82) is 0 Å². The lowest BCUT2D eigenvalue weighted by atomic mass is 10.0. The summed E-state index contributed by atoms with van der Waals surface area (Å²) in [5, 5.41) is 11.9. The molecule has 0 radical (unpaired) electrons. The van der Waals surface area contributed by atoms with Gasteiger partial charge in [0.15, 0.2) is 12.4 Å². The SMILES string of the molecule is CC/C=C\C/C=C\C/C=C\C/C=C\C/C=C\C/C=C\C/C=C\C/C=C\C/C=C\CCCCCCCCCCCC(=O)OC(COC(=O)CCCCCCCCCCCCCCCC/C=C\C/C=C\C/C=C\C/C=C\C/C=C\C/C=C\CC)COC(OCC[N+](C)(C)C)C(=O)[O-]. The maximum absolute atomic E-state index is 13.0. The number of carboxylic acids is 1. The molecule has 536 valence electrons. The third-order valence-corrected chi connectivity index (χ3v) is 15.6. The van der Waals surface area contributed by atoms with E-state index in [1.165, 1.54) is 109 Å². The lowest BCUT2D eigenvalue weighted by Crippen LogP contribution is -2.44. The number of aliphatic carboxylic acids is 1. The highest BCUT2D eigenvalue weighted by Gasteiger charge is 2.22. The molecule has 0 aromatic heterocycles. The Labute approximate surface area is 583 Å². The van der Waals surface area contributed by atoms with Gasteiger partial charge >= 0.3 is 11.9 Å². The van der Waals surface area contributed by atoms with Gasteiger partial charge in [-0.05, 0) is 135 Å². The van der Waals surface area contributed by atoms with Gasteiger partial charge < -0.3 is 33.3 Å². The number of ether oxygens (including phenoxy) is 4. The van der Waals surface area contributed by atoms with Gasteiger partial charge in [0, 0.05) is 12.8 Å². The minimum atomic E-state index is -1.64. The van der Waals surface area contributed by atoms with Crippen LogP contribution in [-0.2, 0) is 33.3 Å². The summed E-state index contributed by atoms with van der Waals surface area (Å²) in [7, 11) is 5.92. The predicted octanol–water partition coefficient (Wildman–Crippen LogP) is 23.0. The first-order valence-electron chi connectivity index (χ1n) is 37.9. The molecule has 0 aromatic rings. The summed E-state index contributed by atoms with van der Waals surface area (Å²) in [6.45, 7) is 4.51. The van der Waals surface area contributed by atoms with Crippen molar-refractivity contribution >= 4 is 17.9 Å². The maximum atomic E-state index is 13.0. The van der Waals surface area contributed by atoms with Crippen molar-refractivity contribution in [3.8, 4) is 0 Å². The zero-order valence-electron chi connectivity index (χ0n) is 61.2. The average molecular weight is 1320 g/mol. The Balaban J connectivity index is 4.15. The van der Waals surface area contributed by atoms with Gasteiger partial charge in [0.25, 0.3) is 0 Å². The fourth-order valence-electron chi connectivity index (χ4n) is 9.95. The van der Waals surface area contributed by atoms with E-state index in [2.05, 4.69) is 196 Å². The normalized spacial score (nSPS) is 13.7. The summed E-state index contributed by atoms with van der Waals surface area (Å²) in [6.07, 6.45) is 110. The zero-order valence-corrected chi connectivity index (χ0v) is 61.2. The molecule has 0 bridgehead atoms. The molecule has 0 rings (SSSR count). The van der Waals surface area contributed by atoms with Crippen molar-refractivity contribution in [2.45, 2.75) is 296 Å². The van der Waals surface area contributed by atoms with Crippen LogP contribution in [0.4, 0.5) is 0 Å². The molecule has 2 atom stereocenters. The molecule has 0 N–H and O–H groups in total. The molecule has 0 aliphatic carbocycles. The largest absolute Gasteiger partial charge is 0.545 e. The molecule has 0 aliphatic rings. The van der Waals surface area contributed by atoms with Crippen molar-refractivity contribution < 1.29 is 42.9 Å². The van der Waals surface area contributed by atoms with Crippen molar-refractivity contribution in [2.75, 3.05) is 47.5 Å². The quantitative estimate of drug-likeness (QED) is 0.0195. The third-order valence-electron chi connectivity index (χ3n) is 15.6. The highest BCUT2D eigenvalue weighted by molar-refractivity contribution is 5.70. The van der Waals surface area contributed by atoms with E-state index in [0.29, 0.717) is 17.4 Å². The van der Waals surface area contributed by atoms with Crippen LogP contribution in [0.2, 0.25) is 0 Å². The number of hydrogen-bond acceptors (Lipinski definition) is 8. The maximum Gasteiger partial charge on any atom is 0.306 e. The molecule has 0 fully saturated rings.